The average molecular weight is 363 g/mol. The van der Waals surface area contributed by atoms with Gasteiger partial charge in [-0.3, -0.25) is 19.7 Å². The predicted molar refractivity (Wildman–Crippen MR) is 74.6 cm³/mol. The van der Waals surface area contributed by atoms with Crippen LogP contribution in [0.5, 0.6) is 0 Å². The molecule has 0 fully saturated rings. The van der Waals surface area contributed by atoms with Crippen molar-refractivity contribution in [3.63, 3.8) is 0 Å². The Morgan fingerprint density at radius 3 is 2.57 bits per heavy atom. The van der Waals surface area contributed by atoms with E-state index in [1.807, 2.05) is 0 Å². The molecule has 1 aromatic rings. The molecule has 0 atom stereocenters. The van der Waals surface area contributed by atoms with Crippen LogP contribution in [-0.4, -0.2) is 39.9 Å². The van der Waals surface area contributed by atoms with E-state index in [0.717, 1.165) is 11.0 Å². The van der Waals surface area contributed by atoms with Crippen LogP contribution in [0.15, 0.2) is 16.6 Å². The summed E-state index contributed by atoms with van der Waals surface area (Å²) in [4.78, 5) is 34.0. The second kappa shape index (κ2) is 7.11. The highest BCUT2D eigenvalue weighted by Crippen LogP contribution is 2.30. The van der Waals surface area contributed by atoms with E-state index in [0.29, 0.717) is 12.5 Å². The third-order valence-corrected chi connectivity index (χ3v) is 3.39. The van der Waals surface area contributed by atoms with E-state index in [9.17, 15) is 24.1 Å². The number of carboxylic acid groups (broad SMARTS) is 1. The van der Waals surface area contributed by atoms with Gasteiger partial charge in [0.25, 0.3) is 11.6 Å². The lowest BCUT2D eigenvalue weighted by molar-refractivity contribution is -0.385. The molecule has 1 rings (SSSR count). The molecule has 114 valence electrons. The molecule has 0 aliphatic rings. The molecule has 9 heteroatoms. The summed E-state index contributed by atoms with van der Waals surface area (Å²) in [5.41, 5.74) is -0.874. The fraction of sp³-hybridized carbons (Fsp3) is 0.333. The number of carbonyl (C=O) groups is 2. The van der Waals surface area contributed by atoms with Crippen molar-refractivity contribution in [3.05, 3.63) is 38.1 Å². The summed E-state index contributed by atoms with van der Waals surface area (Å²) in [5.74, 6) is -2.95. The van der Waals surface area contributed by atoms with Crippen LogP contribution in [0, 0.1) is 15.9 Å². The topological polar surface area (TPSA) is 101 Å². The second-order valence-corrected chi connectivity index (χ2v) is 4.96. The number of carbonyl (C=O) groups excluding carboxylic acids is 1. The lowest BCUT2D eigenvalue weighted by Crippen LogP contribution is -2.36. The van der Waals surface area contributed by atoms with E-state index >= 15 is 0 Å². The molecule has 1 amide bonds. The van der Waals surface area contributed by atoms with Gasteiger partial charge in [0.1, 0.15) is 16.8 Å². The standard InChI is InChI=1S/C12H12BrFN2O5/c1-2-3-15(6-10(17)18)12(19)8-4-7(14)5-9(11(8)13)16(20)21/h4-5H,2-3,6H2,1H3,(H,17,18). The Hall–Kier alpha value is -2.03. The summed E-state index contributed by atoms with van der Waals surface area (Å²) in [6.45, 7) is 1.32. The van der Waals surface area contributed by atoms with E-state index in [1.54, 1.807) is 6.92 Å². The third-order valence-electron chi connectivity index (χ3n) is 2.55. The van der Waals surface area contributed by atoms with Gasteiger partial charge in [0.05, 0.1) is 16.6 Å². The molecule has 0 unspecified atom stereocenters. The number of carboxylic acids is 1. The van der Waals surface area contributed by atoms with E-state index in [-0.39, 0.29) is 16.6 Å². The average Bonchev–Trinajstić information content (AvgIpc) is 2.39. The smallest absolute Gasteiger partial charge is 0.323 e. The minimum absolute atomic E-state index is 0.141. The Labute approximate surface area is 127 Å². The van der Waals surface area contributed by atoms with Gasteiger partial charge >= 0.3 is 5.97 Å². The summed E-state index contributed by atoms with van der Waals surface area (Å²) in [5, 5.41) is 19.6. The molecule has 0 spiro atoms. The first-order valence-corrected chi connectivity index (χ1v) is 6.71. The minimum atomic E-state index is -1.22. The van der Waals surface area contributed by atoms with Crippen molar-refractivity contribution < 1.29 is 24.0 Å². The maximum absolute atomic E-state index is 13.4. The van der Waals surface area contributed by atoms with Gasteiger partial charge in [0.2, 0.25) is 0 Å². The van der Waals surface area contributed by atoms with Crippen molar-refractivity contribution in [3.8, 4) is 0 Å². The van der Waals surface area contributed by atoms with Crippen LogP contribution < -0.4 is 0 Å². The minimum Gasteiger partial charge on any atom is -0.480 e. The van der Waals surface area contributed by atoms with Gasteiger partial charge in [-0.15, -0.1) is 0 Å². The number of halogens is 2. The number of hydrogen-bond donors (Lipinski definition) is 1. The van der Waals surface area contributed by atoms with Gasteiger partial charge in [-0.25, -0.2) is 4.39 Å². The molecule has 0 radical (unpaired) electrons. The lowest BCUT2D eigenvalue weighted by Gasteiger charge is -2.20. The maximum atomic E-state index is 13.4. The molecule has 7 nitrogen and oxygen atoms in total. The highest BCUT2D eigenvalue weighted by atomic mass is 79.9. The van der Waals surface area contributed by atoms with Crippen LogP contribution in [0.25, 0.3) is 0 Å². The normalized spacial score (nSPS) is 10.2. The monoisotopic (exact) mass is 362 g/mol. The fourth-order valence-corrected chi connectivity index (χ4v) is 2.26. The van der Waals surface area contributed by atoms with Crippen molar-refractivity contribution >= 4 is 33.5 Å². The van der Waals surface area contributed by atoms with Gasteiger partial charge < -0.3 is 10.0 Å². The molecule has 0 saturated carbocycles. The Bertz CT molecular complexity index is 593. The largest absolute Gasteiger partial charge is 0.480 e. The lowest BCUT2D eigenvalue weighted by atomic mass is 10.1. The summed E-state index contributed by atoms with van der Waals surface area (Å²) >= 11 is 2.90. The molecule has 0 aromatic heterocycles. The van der Waals surface area contributed by atoms with Gasteiger partial charge in [0, 0.05) is 6.54 Å². The van der Waals surface area contributed by atoms with E-state index < -0.39 is 34.8 Å². The molecule has 0 bridgehead atoms. The van der Waals surface area contributed by atoms with E-state index in [4.69, 9.17) is 5.11 Å². The van der Waals surface area contributed by atoms with Crippen LogP contribution >= 0.6 is 15.9 Å². The van der Waals surface area contributed by atoms with Crippen LogP contribution in [-0.2, 0) is 4.79 Å². The van der Waals surface area contributed by atoms with Gasteiger partial charge in [0.15, 0.2) is 0 Å². The third kappa shape index (κ3) is 4.22. The van der Waals surface area contributed by atoms with Crippen molar-refractivity contribution in [1.29, 1.82) is 0 Å². The Balaban J connectivity index is 3.27. The maximum Gasteiger partial charge on any atom is 0.323 e. The molecule has 1 N–H and O–H groups in total. The number of hydrogen-bond acceptors (Lipinski definition) is 4. The molecule has 0 saturated heterocycles. The Morgan fingerprint density at radius 2 is 2.10 bits per heavy atom. The zero-order valence-electron chi connectivity index (χ0n) is 11.0. The first-order valence-electron chi connectivity index (χ1n) is 5.92. The van der Waals surface area contributed by atoms with Crippen molar-refractivity contribution in [2.45, 2.75) is 13.3 Å². The molecule has 1 aromatic carbocycles. The van der Waals surface area contributed by atoms with Crippen molar-refractivity contribution in [2.75, 3.05) is 13.1 Å². The first-order chi connectivity index (χ1) is 9.77. The Morgan fingerprint density at radius 1 is 1.48 bits per heavy atom. The zero-order chi connectivity index (χ0) is 16.2. The number of amides is 1. The molecular weight excluding hydrogens is 351 g/mol. The zero-order valence-corrected chi connectivity index (χ0v) is 12.6. The van der Waals surface area contributed by atoms with Crippen molar-refractivity contribution in [2.24, 2.45) is 0 Å². The summed E-state index contributed by atoms with van der Waals surface area (Å²) in [6.07, 6.45) is 0.494. The molecule has 0 heterocycles. The number of nitro benzene ring substituents is 1. The number of benzene rings is 1. The molecule has 0 aliphatic carbocycles. The van der Waals surface area contributed by atoms with Crippen LogP contribution in [0.4, 0.5) is 10.1 Å². The highest BCUT2D eigenvalue weighted by molar-refractivity contribution is 9.10. The SMILES string of the molecule is CCCN(CC(=O)O)C(=O)c1cc(F)cc([N+](=O)[O-])c1Br. The molecule has 21 heavy (non-hydrogen) atoms. The number of nitrogens with zero attached hydrogens (tertiary/aromatic N) is 2. The summed E-state index contributed by atoms with van der Waals surface area (Å²) in [7, 11) is 0. The summed E-state index contributed by atoms with van der Waals surface area (Å²) in [6, 6.07) is 1.52. The first kappa shape index (κ1) is 17.0. The number of nitro groups is 1. The predicted octanol–water partition coefficient (Wildman–Crippen LogP) is 2.43. The van der Waals surface area contributed by atoms with E-state index in [1.165, 1.54) is 0 Å². The number of aliphatic carboxylic acids is 1. The van der Waals surface area contributed by atoms with Gasteiger partial charge in [-0.05, 0) is 28.4 Å². The fourth-order valence-electron chi connectivity index (χ4n) is 1.72. The molecule has 0 aliphatic heterocycles. The molecular formula is C12H12BrFN2O5. The van der Waals surface area contributed by atoms with Gasteiger partial charge in [-0.1, -0.05) is 6.92 Å². The quantitative estimate of drug-likeness (QED) is 0.618. The van der Waals surface area contributed by atoms with E-state index in [2.05, 4.69) is 15.9 Å². The van der Waals surface area contributed by atoms with Crippen molar-refractivity contribution in [1.82, 2.24) is 4.90 Å². The second-order valence-electron chi connectivity index (χ2n) is 4.16. The van der Waals surface area contributed by atoms with Crippen LogP contribution in [0.2, 0.25) is 0 Å². The highest BCUT2D eigenvalue weighted by Gasteiger charge is 2.26. The number of rotatable bonds is 6. The van der Waals surface area contributed by atoms with Crippen LogP contribution in [0.1, 0.15) is 23.7 Å². The Kier molecular flexibility index (Phi) is 5.77. The van der Waals surface area contributed by atoms with Crippen LogP contribution in [0.3, 0.4) is 0 Å². The summed E-state index contributed by atoms with van der Waals surface area (Å²) < 4.78 is 13.3. The van der Waals surface area contributed by atoms with Gasteiger partial charge in [-0.2, -0.15) is 0 Å².